The first kappa shape index (κ1) is 16.1. The van der Waals surface area contributed by atoms with Gasteiger partial charge in [-0.15, -0.1) is 0 Å². The van der Waals surface area contributed by atoms with Crippen molar-refractivity contribution in [3.05, 3.63) is 88.9 Å². The van der Waals surface area contributed by atoms with Gasteiger partial charge in [-0.05, 0) is 34.9 Å². The Hall–Kier alpha value is -2.78. The smallest absolute Gasteiger partial charge is 0.338 e. The maximum Gasteiger partial charge on any atom is 0.338 e. The van der Waals surface area contributed by atoms with Crippen LogP contribution in [0, 0.1) is 0 Å². The summed E-state index contributed by atoms with van der Waals surface area (Å²) in [7, 11) is 0. The lowest BCUT2D eigenvalue weighted by Gasteiger charge is -2.07. The summed E-state index contributed by atoms with van der Waals surface area (Å²) in [4.78, 5) is 12.0. The summed E-state index contributed by atoms with van der Waals surface area (Å²) in [6.07, 6.45) is 0. The predicted octanol–water partition coefficient (Wildman–Crippen LogP) is 4.95. The van der Waals surface area contributed by atoms with Crippen LogP contribution in [0.2, 0.25) is 5.02 Å². The quantitative estimate of drug-likeness (QED) is 0.541. The zero-order valence-electron chi connectivity index (χ0n) is 12.9. The van der Waals surface area contributed by atoms with E-state index in [9.17, 15) is 4.79 Å². The van der Waals surface area contributed by atoms with Crippen LogP contribution in [-0.2, 0) is 11.3 Å². The van der Waals surface area contributed by atoms with Crippen molar-refractivity contribution in [2.24, 2.45) is 0 Å². The van der Waals surface area contributed by atoms with Crippen molar-refractivity contribution in [1.29, 1.82) is 0 Å². The third-order valence-corrected chi connectivity index (χ3v) is 4.01. The fourth-order valence-electron chi connectivity index (χ4n) is 2.33. The molecule has 0 spiro atoms. The van der Waals surface area contributed by atoms with Crippen molar-refractivity contribution < 1.29 is 9.53 Å². The molecule has 2 N–H and O–H groups in total. The molecule has 24 heavy (non-hydrogen) atoms. The minimum atomic E-state index is -0.425. The van der Waals surface area contributed by atoms with Crippen LogP contribution in [0.5, 0.6) is 0 Å². The van der Waals surface area contributed by atoms with Crippen LogP contribution in [0.15, 0.2) is 72.8 Å². The molecule has 0 aromatic heterocycles. The Balaban J connectivity index is 1.64. The van der Waals surface area contributed by atoms with Crippen LogP contribution in [0.1, 0.15) is 15.9 Å². The Morgan fingerprint density at radius 3 is 2.25 bits per heavy atom. The number of carbonyl (C=O) groups is 1. The summed E-state index contributed by atoms with van der Waals surface area (Å²) in [5, 5.41) is 0.419. The van der Waals surface area contributed by atoms with E-state index in [2.05, 4.69) is 12.1 Å². The molecule has 120 valence electrons. The van der Waals surface area contributed by atoms with E-state index in [1.165, 1.54) is 6.07 Å². The molecule has 0 bridgehead atoms. The van der Waals surface area contributed by atoms with Gasteiger partial charge in [0.1, 0.15) is 6.61 Å². The summed E-state index contributed by atoms with van der Waals surface area (Å²) < 4.78 is 5.32. The highest BCUT2D eigenvalue weighted by Crippen LogP contribution is 2.21. The number of rotatable bonds is 4. The Bertz CT molecular complexity index is 845. The van der Waals surface area contributed by atoms with E-state index < -0.39 is 5.97 Å². The number of halogens is 1. The maximum absolute atomic E-state index is 12.0. The van der Waals surface area contributed by atoms with Gasteiger partial charge in [-0.25, -0.2) is 4.79 Å². The number of nitrogens with two attached hydrogens (primary N) is 1. The summed E-state index contributed by atoms with van der Waals surface area (Å²) in [6, 6.07) is 22.7. The van der Waals surface area contributed by atoms with Gasteiger partial charge in [-0.2, -0.15) is 0 Å². The second-order valence-electron chi connectivity index (χ2n) is 5.38. The molecule has 3 aromatic rings. The largest absolute Gasteiger partial charge is 0.457 e. The topological polar surface area (TPSA) is 52.3 Å². The van der Waals surface area contributed by atoms with Crippen molar-refractivity contribution >= 4 is 23.3 Å². The summed E-state index contributed by atoms with van der Waals surface area (Å²) in [5.74, 6) is -0.425. The number of hydrogen-bond acceptors (Lipinski definition) is 3. The molecule has 0 atom stereocenters. The normalized spacial score (nSPS) is 10.4. The first-order chi connectivity index (χ1) is 11.6. The van der Waals surface area contributed by atoms with Gasteiger partial charge < -0.3 is 10.5 Å². The van der Waals surface area contributed by atoms with Crippen LogP contribution in [0.4, 0.5) is 5.69 Å². The molecule has 0 fully saturated rings. The van der Waals surface area contributed by atoms with E-state index in [1.54, 1.807) is 12.1 Å². The van der Waals surface area contributed by atoms with Gasteiger partial charge in [0.2, 0.25) is 0 Å². The number of carbonyl (C=O) groups excluding carboxylic acids is 1. The molecule has 0 radical (unpaired) electrons. The number of nitrogen functional groups attached to an aromatic ring is 1. The van der Waals surface area contributed by atoms with Crippen molar-refractivity contribution in [2.75, 3.05) is 5.73 Å². The van der Waals surface area contributed by atoms with E-state index >= 15 is 0 Å². The number of hydrogen-bond donors (Lipinski definition) is 1. The van der Waals surface area contributed by atoms with E-state index in [0.29, 0.717) is 16.3 Å². The monoisotopic (exact) mass is 337 g/mol. The highest BCUT2D eigenvalue weighted by atomic mass is 35.5. The SMILES string of the molecule is Nc1cc(C(=O)OCc2ccc(-c3ccccc3)cc2)ccc1Cl. The molecule has 3 rings (SSSR count). The van der Waals surface area contributed by atoms with Crippen molar-refractivity contribution in [1.82, 2.24) is 0 Å². The zero-order chi connectivity index (χ0) is 16.9. The van der Waals surface area contributed by atoms with Crippen LogP contribution in [-0.4, -0.2) is 5.97 Å². The van der Waals surface area contributed by atoms with E-state index in [1.807, 2.05) is 42.5 Å². The third kappa shape index (κ3) is 3.76. The Morgan fingerprint density at radius 1 is 0.917 bits per heavy atom. The molecule has 0 aliphatic rings. The highest BCUT2D eigenvalue weighted by Gasteiger charge is 2.09. The van der Waals surface area contributed by atoms with Crippen LogP contribution in [0.25, 0.3) is 11.1 Å². The molecular weight excluding hydrogens is 322 g/mol. The molecule has 0 unspecified atom stereocenters. The van der Waals surface area contributed by atoms with Gasteiger partial charge in [0.05, 0.1) is 16.3 Å². The molecular formula is C20H16ClNO2. The minimum Gasteiger partial charge on any atom is -0.457 e. The van der Waals surface area contributed by atoms with E-state index in [4.69, 9.17) is 22.1 Å². The Kier molecular flexibility index (Phi) is 4.82. The van der Waals surface area contributed by atoms with Gasteiger partial charge in [-0.3, -0.25) is 0 Å². The lowest BCUT2D eigenvalue weighted by Crippen LogP contribution is -2.06. The van der Waals surface area contributed by atoms with Gasteiger partial charge >= 0.3 is 5.97 Å². The lowest BCUT2D eigenvalue weighted by molar-refractivity contribution is 0.0473. The predicted molar refractivity (Wildman–Crippen MR) is 96.9 cm³/mol. The molecule has 0 saturated carbocycles. The molecule has 0 amide bonds. The number of esters is 1. The Labute approximate surface area is 145 Å². The fraction of sp³-hybridized carbons (Fsp3) is 0.0500. The van der Waals surface area contributed by atoms with Crippen LogP contribution in [0.3, 0.4) is 0 Å². The number of anilines is 1. The zero-order valence-corrected chi connectivity index (χ0v) is 13.7. The molecule has 0 heterocycles. The second kappa shape index (κ2) is 7.20. The standard InChI is InChI=1S/C20H16ClNO2/c21-18-11-10-17(12-19(18)22)20(23)24-13-14-6-8-16(9-7-14)15-4-2-1-3-5-15/h1-12H,13,22H2. The molecule has 3 nitrogen and oxygen atoms in total. The van der Waals surface area contributed by atoms with Crippen LogP contribution >= 0.6 is 11.6 Å². The summed E-state index contributed by atoms with van der Waals surface area (Å²) in [6.45, 7) is 0.205. The maximum atomic E-state index is 12.0. The molecule has 0 aliphatic carbocycles. The number of benzene rings is 3. The van der Waals surface area contributed by atoms with Gasteiger partial charge in [0.25, 0.3) is 0 Å². The summed E-state index contributed by atoms with van der Waals surface area (Å²) in [5.41, 5.74) is 9.64. The van der Waals surface area contributed by atoms with Crippen molar-refractivity contribution in [3.8, 4) is 11.1 Å². The van der Waals surface area contributed by atoms with Crippen molar-refractivity contribution in [3.63, 3.8) is 0 Å². The Morgan fingerprint density at radius 2 is 1.58 bits per heavy atom. The van der Waals surface area contributed by atoms with E-state index in [0.717, 1.165) is 16.7 Å². The lowest BCUT2D eigenvalue weighted by atomic mass is 10.0. The number of ether oxygens (including phenoxy) is 1. The molecule has 0 aliphatic heterocycles. The van der Waals surface area contributed by atoms with Gasteiger partial charge in [0, 0.05) is 0 Å². The first-order valence-corrected chi connectivity index (χ1v) is 7.88. The molecule has 0 saturated heterocycles. The van der Waals surface area contributed by atoms with Crippen LogP contribution < -0.4 is 5.73 Å². The van der Waals surface area contributed by atoms with Gasteiger partial charge in [0.15, 0.2) is 0 Å². The average Bonchev–Trinajstić information content (AvgIpc) is 2.63. The average molecular weight is 338 g/mol. The first-order valence-electron chi connectivity index (χ1n) is 7.50. The second-order valence-corrected chi connectivity index (χ2v) is 5.78. The van der Waals surface area contributed by atoms with Gasteiger partial charge in [-0.1, -0.05) is 66.2 Å². The third-order valence-electron chi connectivity index (χ3n) is 3.66. The van der Waals surface area contributed by atoms with Crippen molar-refractivity contribution in [2.45, 2.75) is 6.61 Å². The minimum absolute atomic E-state index is 0.205. The fourth-order valence-corrected chi connectivity index (χ4v) is 2.44. The molecule has 4 heteroatoms. The molecule has 3 aromatic carbocycles. The highest BCUT2D eigenvalue weighted by molar-refractivity contribution is 6.33. The van der Waals surface area contributed by atoms with E-state index in [-0.39, 0.29) is 6.61 Å². The summed E-state index contributed by atoms with van der Waals surface area (Å²) >= 11 is 5.85.